The molecule has 0 bridgehead atoms. The molecule has 1 aliphatic heterocycles. The highest BCUT2D eigenvalue weighted by Crippen LogP contribution is 2.23. The Labute approximate surface area is 113 Å². The number of benzene rings is 1. The van der Waals surface area contributed by atoms with E-state index in [4.69, 9.17) is 4.74 Å². The van der Waals surface area contributed by atoms with Crippen molar-refractivity contribution >= 4 is 5.69 Å². The molecule has 3 nitrogen and oxygen atoms in total. The summed E-state index contributed by atoms with van der Waals surface area (Å²) in [4.78, 5) is 6.66. The molecule has 2 heterocycles. The molecule has 98 valence electrons. The van der Waals surface area contributed by atoms with E-state index in [-0.39, 0.29) is 0 Å². The minimum absolute atomic E-state index is 0.567. The Morgan fingerprint density at radius 1 is 1.05 bits per heavy atom. The van der Waals surface area contributed by atoms with Crippen LogP contribution in [0.1, 0.15) is 18.4 Å². The molecule has 0 unspecified atom stereocenters. The third-order valence-corrected chi connectivity index (χ3v) is 3.42. The Bertz CT molecular complexity index is 521. The lowest BCUT2D eigenvalue weighted by atomic mass is 10.2. The largest absolute Gasteiger partial charge is 0.473 e. The lowest BCUT2D eigenvalue weighted by Gasteiger charge is -2.17. The van der Waals surface area contributed by atoms with Gasteiger partial charge >= 0.3 is 0 Å². The molecule has 0 aliphatic carbocycles. The molecule has 0 spiro atoms. The number of ether oxygens (including phenoxy) is 1. The Hall–Kier alpha value is -2.03. The van der Waals surface area contributed by atoms with Crippen LogP contribution in [0.4, 0.5) is 5.69 Å². The second kappa shape index (κ2) is 5.74. The van der Waals surface area contributed by atoms with Gasteiger partial charge in [0.25, 0.3) is 0 Å². The predicted molar refractivity (Wildman–Crippen MR) is 76.5 cm³/mol. The van der Waals surface area contributed by atoms with Crippen molar-refractivity contribution in [2.24, 2.45) is 0 Å². The Kier molecular flexibility index (Phi) is 3.63. The van der Waals surface area contributed by atoms with Crippen molar-refractivity contribution in [2.45, 2.75) is 19.4 Å². The first-order valence-electron chi connectivity index (χ1n) is 6.79. The van der Waals surface area contributed by atoms with Gasteiger partial charge in [0.05, 0.1) is 0 Å². The van der Waals surface area contributed by atoms with Crippen molar-refractivity contribution in [3.63, 3.8) is 0 Å². The fraction of sp³-hybridized carbons (Fsp3) is 0.312. The Balaban J connectivity index is 1.66. The lowest BCUT2D eigenvalue weighted by molar-refractivity contribution is 0.294. The van der Waals surface area contributed by atoms with Crippen LogP contribution < -0.4 is 9.64 Å². The zero-order valence-electron chi connectivity index (χ0n) is 11.0. The van der Waals surface area contributed by atoms with Crippen molar-refractivity contribution in [3.8, 4) is 5.88 Å². The third kappa shape index (κ3) is 3.05. The van der Waals surface area contributed by atoms with E-state index in [1.165, 1.54) is 18.5 Å². The van der Waals surface area contributed by atoms with E-state index in [2.05, 4.69) is 28.1 Å². The molecule has 19 heavy (non-hydrogen) atoms. The summed E-state index contributed by atoms with van der Waals surface area (Å²) in [7, 11) is 0. The molecule has 1 aromatic carbocycles. The molecule has 3 heteroatoms. The van der Waals surface area contributed by atoms with Crippen LogP contribution in [0.25, 0.3) is 0 Å². The van der Waals surface area contributed by atoms with Gasteiger partial charge in [0, 0.05) is 31.0 Å². The van der Waals surface area contributed by atoms with Crippen LogP contribution in [-0.4, -0.2) is 18.1 Å². The molecule has 0 saturated carbocycles. The standard InChI is InChI=1S/C16H18N2O/c1-2-6-14(7-3-1)13-19-16-12-15(8-9-17-16)18-10-4-5-11-18/h1-3,6-9,12H,4-5,10-11,13H2. The first-order chi connectivity index (χ1) is 9.42. The van der Waals surface area contributed by atoms with Crippen LogP contribution >= 0.6 is 0 Å². The third-order valence-electron chi connectivity index (χ3n) is 3.42. The maximum absolute atomic E-state index is 5.75. The lowest BCUT2D eigenvalue weighted by Crippen LogP contribution is -2.17. The molecule has 1 fully saturated rings. The Morgan fingerprint density at radius 2 is 1.84 bits per heavy atom. The molecule has 1 aromatic heterocycles. The smallest absolute Gasteiger partial charge is 0.215 e. The van der Waals surface area contributed by atoms with Crippen molar-refractivity contribution in [1.82, 2.24) is 4.98 Å². The van der Waals surface area contributed by atoms with Crippen LogP contribution in [0.15, 0.2) is 48.7 Å². The molecule has 2 aromatic rings. The normalized spacial score (nSPS) is 14.6. The molecule has 1 aliphatic rings. The van der Waals surface area contributed by atoms with Gasteiger partial charge in [-0.05, 0) is 24.5 Å². The molecule has 0 amide bonds. The topological polar surface area (TPSA) is 25.4 Å². The highest BCUT2D eigenvalue weighted by molar-refractivity contribution is 5.48. The summed E-state index contributed by atoms with van der Waals surface area (Å²) in [5.41, 5.74) is 2.38. The molecular formula is C16H18N2O. The van der Waals surface area contributed by atoms with E-state index in [1.807, 2.05) is 30.5 Å². The minimum Gasteiger partial charge on any atom is -0.473 e. The van der Waals surface area contributed by atoms with Gasteiger partial charge < -0.3 is 9.64 Å². The van der Waals surface area contributed by atoms with E-state index in [0.717, 1.165) is 18.7 Å². The van der Waals surface area contributed by atoms with Gasteiger partial charge in [-0.3, -0.25) is 0 Å². The summed E-state index contributed by atoms with van der Waals surface area (Å²) >= 11 is 0. The van der Waals surface area contributed by atoms with Gasteiger partial charge in [0.2, 0.25) is 5.88 Å². The van der Waals surface area contributed by atoms with Crippen molar-refractivity contribution in [1.29, 1.82) is 0 Å². The SMILES string of the molecule is c1ccc(COc2cc(N3CCCC3)ccn2)cc1. The van der Waals surface area contributed by atoms with Gasteiger partial charge in [0.1, 0.15) is 6.61 Å². The van der Waals surface area contributed by atoms with Gasteiger partial charge in [-0.2, -0.15) is 0 Å². The van der Waals surface area contributed by atoms with Crippen LogP contribution in [0, 0.1) is 0 Å². The van der Waals surface area contributed by atoms with Gasteiger partial charge in [0.15, 0.2) is 0 Å². The molecule has 0 N–H and O–H groups in total. The van der Waals surface area contributed by atoms with Gasteiger partial charge in [-0.15, -0.1) is 0 Å². The summed E-state index contributed by atoms with van der Waals surface area (Å²) in [6.07, 6.45) is 4.39. The molecule has 0 radical (unpaired) electrons. The van der Waals surface area contributed by atoms with Crippen LogP contribution in [0.2, 0.25) is 0 Å². The first-order valence-corrected chi connectivity index (χ1v) is 6.79. The number of hydrogen-bond donors (Lipinski definition) is 0. The summed E-state index contributed by atoms with van der Waals surface area (Å²) in [5, 5.41) is 0. The quantitative estimate of drug-likeness (QED) is 0.837. The molecule has 3 rings (SSSR count). The number of nitrogens with zero attached hydrogens (tertiary/aromatic N) is 2. The van der Waals surface area contributed by atoms with Crippen molar-refractivity contribution in [2.75, 3.05) is 18.0 Å². The number of rotatable bonds is 4. The molecule has 1 saturated heterocycles. The highest BCUT2D eigenvalue weighted by atomic mass is 16.5. The van der Waals surface area contributed by atoms with E-state index in [9.17, 15) is 0 Å². The fourth-order valence-electron chi connectivity index (χ4n) is 2.38. The van der Waals surface area contributed by atoms with E-state index in [0.29, 0.717) is 12.5 Å². The number of pyridine rings is 1. The van der Waals surface area contributed by atoms with E-state index in [1.54, 1.807) is 0 Å². The maximum atomic E-state index is 5.75. The average molecular weight is 254 g/mol. The summed E-state index contributed by atoms with van der Waals surface area (Å²) in [6, 6.07) is 14.3. The predicted octanol–water partition coefficient (Wildman–Crippen LogP) is 3.26. The number of aromatic nitrogens is 1. The molecule has 0 atom stereocenters. The van der Waals surface area contributed by atoms with Crippen LogP contribution in [0.5, 0.6) is 5.88 Å². The summed E-state index contributed by atoms with van der Waals surface area (Å²) < 4.78 is 5.75. The molecular weight excluding hydrogens is 236 g/mol. The zero-order valence-corrected chi connectivity index (χ0v) is 11.0. The maximum Gasteiger partial charge on any atom is 0.215 e. The number of hydrogen-bond acceptors (Lipinski definition) is 3. The second-order valence-electron chi connectivity index (χ2n) is 4.82. The highest BCUT2D eigenvalue weighted by Gasteiger charge is 2.12. The van der Waals surface area contributed by atoms with Crippen molar-refractivity contribution < 1.29 is 4.74 Å². The van der Waals surface area contributed by atoms with Gasteiger partial charge in [-0.1, -0.05) is 30.3 Å². The summed E-state index contributed by atoms with van der Waals surface area (Å²) in [6.45, 7) is 2.85. The van der Waals surface area contributed by atoms with Gasteiger partial charge in [-0.25, -0.2) is 4.98 Å². The number of anilines is 1. The minimum atomic E-state index is 0.567. The summed E-state index contributed by atoms with van der Waals surface area (Å²) in [5.74, 6) is 0.702. The first kappa shape index (κ1) is 12.0. The van der Waals surface area contributed by atoms with Crippen LogP contribution in [-0.2, 0) is 6.61 Å². The van der Waals surface area contributed by atoms with E-state index < -0.39 is 0 Å². The average Bonchev–Trinajstić information content (AvgIpc) is 3.01. The van der Waals surface area contributed by atoms with Crippen molar-refractivity contribution in [3.05, 3.63) is 54.2 Å². The zero-order chi connectivity index (χ0) is 12.9. The van der Waals surface area contributed by atoms with Crippen LogP contribution in [0.3, 0.4) is 0 Å². The monoisotopic (exact) mass is 254 g/mol. The Morgan fingerprint density at radius 3 is 2.63 bits per heavy atom. The second-order valence-corrected chi connectivity index (χ2v) is 4.82. The fourth-order valence-corrected chi connectivity index (χ4v) is 2.38. The van der Waals surface area contributed by atoms with E-state index >= 15 is 0 Å².